The molecule has 3 rings (SSSR count). The van der Waals surface area contributed by atoms with E-state index in [-0.39, 0.29) is 11.3 Å². The van der Waals surface area contributed by atoms with Crippen molar-refractivity contribution in [2.75, 3.05) is 0 Å². The Kier molecular flexibility index (Phi) is 8.24. The van der Waals surface area contributed by atoms with E-state index in [9.17, 15) is 13.2 Å². The quantitative estimate of drug-likeness (QED) is 0.353. The molecule has 2 aromatic rings. The molecular formula is C26H33F3O. The number of rotatable bonds is 10. The van der Waals surface area contributed by atoms with Crippen LogP contribution in [0.3, 0.4) is 0 Å². The van der Waals surface area contributed by atoms with E-state index in [1.807, 2.05) is 0 Å². The van der Waals surface area contributed by atoms with Crippen molar-refractivity contribution in [3.8, 4) is 5.75 Å². The number of ether oxygens (including phenoxy) is 1. The van der Waals surface area contributed by atoms with Crippen LogP contribution in [0.2, 0.25) is 0 Å². The van der Waals surface area contributed by atoms with Crippen LogP contribution < -0.4 is 4.74 Å². The van der Waals surface area contributed by atoms with Gasteiger partial charge in [0.15, 0.2) is 0 Å². The van der Waals surface area contributed by atoms with Crippen LogP contribution in [-0.4, -0.2) is 0 Å². The molecule has 0 bridgehead atoms. The molecule has 0 heterocycles. The summed E-state index contributed by atoms with van der Waals surface area (Å²) < 4.78 is 46.5. The highest BCUT2D eigenvalue weighted by molar-refractivity contribution is 5.28. The van der Waals surface area contributed by atoms with Crippen molar-refractivity contribution in [1.82, 2.24) is 0 Å². The van der Waals surface area contributed by atoms with E-state index < -0.39 is 11.9 Å². The van der Waals surface area contributed by atoms with E-state index in [0.29, 0.717) is 0 Å². The standard InChI is InChI=1S/C26H33F3O/c1-2-3-4-5-20-6-8-21(9-7-20)10-11-22-12-14-23(15-13-22)26(28,29)30-25-18-16-24(27)17-19-25/h12-21H,2-11H2,1H3. The van der Waals surface area contributed by atoms with Crippen molar-refractivity contribution < 1.29 is 17.9 Å². The van der Waals surface area contributed by atoms with Crippen molar-refractivity contribution in [2.24, 2.45) is 11.8 Å². The lowest BCUT2D eigenvalue weighted by Gasteiger charge is -2.28. The monoisotopic (exact) mass is 418 g/mol. The first-order valence-electron chi connectivity index (χ1n) is 11.4. The van der Waals surface area contributed by atoms with Gasteiger partial charge in [-0.1, -0.05) is 70.4 Å². The molecule has 30 heavy (non-hydrogen) atoms. The maximum absolute atomic E-state index is 14.4. The predicted octanol–water partition coefficient (Wildman–Crippen LogP) is 8.27. The topological polar surface area (TPSA) is 9.23 Å². The highest BCUT2D eigenvalue weighted by Gasteiger charge is 2.34. The van der Waals surface area contributed by atoms with Gasteiger partial charge in [-0.3, -0.25) is 0 Å². The number of aryl methyl sites for hydroxylation is 1. The summed E-state index contributed by atoms with van der Waals surface area (Å²) in [5.74, 6) is 1.13. The number of benzene rings is 2. The highest BCUT2D eigenvalue weighted by atomic mass is 19.3. The molecular weight excluding hydrogens is 385 g/mol. The Labute approximate surface area is 178 Å². The zero-order valence-electron chi connectivity index (χ0n) is 17.9. The summed E-state index contributed by atoms with van der Waals surface area (Å²) in [6.45, 7) is 2.25. The van der Waals surface area contributed by atoms with Crippen LogP contribution in [0.1, 0.15) is 75.8 Å². The molecule has 0 spiro atoms. The normalized spacial score (nSPS) is 19.6. The van der Waals surface area contributed by atoms with E-state index >= 15 is 0 Å². The Bertz CT molecular complexity index is 747. The van der Waals surface area contributed by atoms with Gasteiger partial charge in [-0.15, -0.1) is 0 Å². The van der Waals surface area contributed by atoms with Crippen LogP contribution >= 0.6 is 0 Å². The fraction of sp³-hybridized carbons (Fsp3) is 0.538. The fourth-order valence-corrected chi connectivity index (χ4v) is 4.44. The van der Waals surface area contributed by atoms with Crippen LogP contribution in [0.4, 0.5) is 13.2 Å². The smallest absolute Gasteiger partial charge is 0.426 e. The second kappa shape index (κ2) is 10.9. The lowest BCUT2D eigenvalue weighted by atomic mass is 9.78. The molecule has 1 fully saturated rings. The minimum atomic E-state index is -3.45. The summed E-state index contributed by atoms with van der Waals surface area (Å²) in [6, 6.07) is 11.0. The average Bonchev–Trinajstić information content (AvgIpc) is 2.75. The summed E-state index contributed by atoms with van der Waals surface area (Å²) in [6.07, 6.45) is 9.30. The molecule has 2 aromatic carbocycles. The Hall–Kier alpha value is -1.97. The summed E-state index contributed by atoms with van der Waals surface area (Å²) >= 11 is 0. The summed E-state index contributed by atoms with van der Waals surface area (Å²) in [5, 5.41) is 0. The Morgan fingerprint density at radius 1 is 0.833 bits per heavy atom. The van der Waals surface area contributed by atoms with Gasteiger partial charge in [0.2, 0.25) is 0 Å². The lowest BCUT2D eigenvalue weighted by molar-refractivity contribution is -0.185. The third-order valence-corrected chi connectivity index (χ3v) is 6.37. The van der Waals surface area contributed by atoms with E-state index in [2.05, 4.69) is 6.92 Å². The van der Waals surface area contributed by atoms with Gasteiger partial charge in [0.1, 0.15) is 11.6 Å². The van der Waals surface area contributed by atoms with Crippen LogP contribution in [-0.2, 0) is 12.5 Å². The zero-order valence-corrected chi connectivity index (χ0v) is 17.9. The van der Waals surface area contributed by atoms with E-state index in [1.54, 1.807) is 12.1 Å². The Morgan fingerprint density at radius 2 is 1.43 bits per heavy atom. The van der Waals surface area contributed by atoms with Gasteiger partial charge in [-0.05, 0) is 66.6 Å². The van der Waals surface area contributed by atoms with Gasteiger partial charge in [0, 0.05) is 0 Å². The molecule has 4 heteroatoms. The lowest BCUT2D eigenvalue weighted by Crippen LogP contribution is -2.21. The summed E-state index contributed by atoms with van der Waals surface area (Å²) in [4.78, 5) is 0. The fourth-order valence-electron chi connectivity index (χ4n) is 4.44. The molecule has 0 aromatic heterocycles. The first kappa shape index (κ1) is 22.7. The van der Waals surface area contributed by atoms with Crippen molar-refractivity contribution in [3.63, 3.8) is 0 Å². The van der Waals surface area contributed by atoms with Gasteiger partial charge < -0.3 is 4.74 Å². The van der Waals surface area contributed by atoms with Crippen molar-refractivity contribution in [3.05, 3.63) is 65.5 Å². The van der Waals surface area contributed by atoms with Gasteiger partial charge in [0.05, 0.1) is 5.56 Å². The van der Waals surface area contributed by atoms with Crippen molar-refractivity contribution >= 4 is 0 Å². The molecule has 1 aliphatic carbocycles. The summed E-state index contributed by atoms with van der Waals surface area (Å²) in [5.41, 5.74) is 0.893. The van der Waals surface area contributed by atoms with Crippen LogP contribution in [0.15, 0.2) is 48.5 Å². The SMILES string of the molecule is CCCCCC1CCC(CCc2ccc(C(F)(F)Oc3ccc(F)cc3)cc2)CC1. The second-order valence-electron chi connectivity index (χ2n) is 8.69. The molecule has 0 N–H and O–H groups in total. The molecule has 0 saturated heterocycles. The average molecular weight is 419 g/mol. The number of alkyl halides is 2. The Morgan fingerprint density at radius 3 is 2.03 bits per heavy atom. The van der Waals surface area contributed by atoms with Crippen LogP contribution in [0, 0.1) is 17.7 Å². The first-order valence-corrected chi connectivity index (χ1v) is 11.4. The molecule has 0 aliphatic heterocycles. The van der Waals surface area contributed by atoms with E-state index in [0.717, 1.165) is 42.4 Å². The third kappa shape index (κ3) is 6.78. The van der Waals surface area contributed by atoms with Gasteiger partial charge >= 0.3 is 6.11 Å². The molecule has 0 atom stereocenters. The minimum Gasteiger partial charge on any atom is -0.429 e. The molecule has 1 saturated carbocycles. The molecule has 0 unspecified atom stereocenters. The summed E-state index contributed by atoms with van der Waals surface area (Å²) in [7, 11) is 0. The third-order valence-electron chi connectivity index (χ3n) is 6.37. The number of hydrogen-bond acceptors (Lipinski definition) is 1. The molecule has 164 valence electrons. The maximum Gasteiger partial charge on any atom is 0.426 e. The molecule has 0 radical (unpaired) electrons. The Balaban J connectivity index is 1.45. The second-order valence-corrected chi connectivity index (χ2v) is 8.69. The predicted molar refractivity (Wildman–Crippen MR) is 115 cm³/mol. The van der Waals surface area contributed by atoms with Gasteiger partial charge in [0.25, 0.3) is 0 Å². The molecule has 1 nitrogen and oxygen atoms in total. The molecule has 1 aliphatic rings. The number of unbranched alkanes of at least 4 members (excludes halogenated alkanes) is 2. The maximum atomic E-state index is 14.4. The largest absolute Gasteiger partial charge is 0.429 e. The number of hydrogen-bond donors (Lipinski definition) is 0. The van der Waals surface area contributed by atoms with E-state index in [1.165, 1.54) is 75.6 Å². The van der Waals surface area contributed by atoms with Crippen LogP contribution in [0.5, 0.6) is 5.75 Å². The highest BCUT2D eigenvalue weighted by Crippen LogP contribution is 2.35. The first-order chi connectivity index (χ1) is 14.5. The van der Waals surface area contributed by atoms with Gasteiger partial charge in [-0.2, -0.15) is 8.78 Å². The number of halogens is 3. The zero-order chi connectivity index (χ0) is 21.4. The van der Waals surface area contributed by atoms with Gasteiger partial charge in [-0.25, -0.2) is 4.39 Å². The van der Waals surface area contributed by atoms with Crippen LogP contribution in [0.25, 0.3) is 0 Å². The van der Waals surface area contributed by atoms with E-state index in [4.69, 9.17) is 4.74 Å². The van der Waals surface area contributed by atoms with Crippen molar-refractivity contribution in [1.29, 1.82) is 0 Å². The minimum absolute atomic E-state index is 0.0595. The van der Waals surface area contributed by atoms with Crippen molar-refractivity contribution in [2.45, 2.75) is 77.2 Å². The molecule has 0 amide bonds.